The first-order valence-electron chi connectivity index (χ1n) is 4.78. The highest BCUT2D eigenvalue weighted by Gasteiger charge is 2.42. The predicted octanol–water partition coefficient (Wildman–Crippen LogP) is -0.153. The summed E-state index contributed by atoms with van der Waals surface area (Å²) in [5, 5.41) is 11.9. The van der Waals surface area contributed by atoms with E-state index in [2.05, 4.69) is 5.32 Å². The number of aliphatic carboxylic acids is 1. The highest BCUT2D eigenvalue weighted by molar-refractivity contribution is 5.83. The van der Waals surface area contributed by atoms with Gasteiger partial charge in [0.1, 0.15) is 5.54 Å². The van der Waals surface area contributed by atoms with E-state index in [1.54, 1.807) is 6.92 Å². The van der Waals surface area contributed by atoms with Gasteiger partial charge in [0.05, 0.1) is 6.04 Å². The van der Waals surface area contributed by atoms with Gasteiger partial charge < -0.3 is 10.8 Å². The molecule has 0 spiro atoms. The summed E-state index contributed by atoms with van der Waals surface area (Å²) in [5.74, 6) is -1.40. The number of hydrogen-bond donors (Lipinski definition) is 3. The number of nitrogens with one attached hydrogen (secondary N) is 1. The lowest BCUT2D eigenvalue weighted by molar-refractivity contribution is -0.145. The number of primary amides is 1. The number of carbonyl (C=O) groups excluding carboxylic acids is 1. The molecule has 0 aromatic rings. The first kappa shape index (κ1) is 11.0. The van der Waals surface area contributed by atoms with Gasteiger partial charge in [-0.05, 0) is 19.8 Å². The van der Waals surface area contributed by atoms with Crippen LogP contribution in [0.2, 0.25) is 0 Å². The van der Waals surface area contributed by atoms with Gasteiger partial charge in [-0.3, -0.25) is 14.9 Å². The summed E-state index contributed by atoms with van der Waals surface area (Å²) in [6.07, 6.45) is 2.90. The minimum absolute atomic E-state index is 0.516. The van der Waals surface area contributed by atoms with E-state index in [-0.39, 0.29) is 0 Å². The lowest BCUT2D eigenvalue weighted by atomic mass is 9.96. The van der Waals surface area contributed by atoms with E-state index in [0.717, 1.165) is 12.8 Å². The van der Waals surface area contributed by atoms with Crippen molar-refractivity contribution in [1.29, 1.82) is 0 Å². The van der Waals surface area contributed by atoms with E-state index in [1.807, 2.05) is 0 Å². The number of nitrogens with two attached hydrogens (primary N) is 1. The molecule has 1 fully saturated rings. The smallest absolute Gasteiger partial charge is 0.323 e. The molecule has 1 atom stereocenters. The third-order valence-electron chi connectivity index (χ3n) is 2.79. The molecule has 1 rings (SSSR count). The fraction of sp³-hybridized carbons (Fsp3) is 0.778. The van der Waals surface area contributed by atoms with Gasteiger partial charge in [-0.15, -0.1) is 0 Å². The Labute approximate surface area is 82.7 Å². The van der Waals surface area contributed by atoms with Crippen molar-refractivity contribution >= 4 is 11.9 Å². The van der Waals surface area contributed by atoms with Gasteiger partial charge >= 0.3 is 5.97 Å². The summed E-state index contributed by atoms with van der Waals surface area (Å²) < 4.78 is 0. The predicted molar refractivity (Wildman–Crippen MR) is 50.6 cm³/mol. The molecule has 0 aromatic heterocycles. The number of carboxylic acids is 1. The van der Waals surface area contributed by atoms with E-state index in [4.69, 9.17) is 10.8 Å². The van der Waals surface area contributed by atoms with E-state index >= 15 is 0 Å². The zero-order valence-electron chi connectivity index (χ0n) is 8.25. The number of rotatable bonds is 4. The second kappa shape index (κ2) is 3.96. The number of amides is 1. The van der Waals surface area contributed by atoms with Gasteiger partial charge in [0.2, 0.25) is 5.91 Å². The molecule has 0 bridgehead atoms. The maximum atomic E-state index is 11.1. The summed E-state index contributed by atoms with van der Waals surface area (Å²) in [7, 11) is 0. The van der Waals surface area contributed by atoms with Crippen LogP contribution in [0, 0.1) is 0 Å². The summed E-state index contributed by atoms with van der Waals surface area (Å²) in [5.41, 5.74) is 4.14. The molecule has 0 aliphatic heterocycles. The molecule has 4 N–H and O–H groups in total. The Kier molecular flexibility index (Phi) is 3.10. The number of hydrogen-bond acceptors (Lipinski definition) is 3. The Morgan fingerprint density at radius 2 is 1.93 bits per heavy atom. The van der Waals surface area contributed by atoms with Gasteiger partial charge in [0.15, 0.2) is 0 Å². The summed E-state index contributed by atoms with van der Waals surface area (Å²) in [6.45, 7) is 1.59. The van der Waals surface area contributed by atoms with Crippen LogP contribution < -0.4 is 11.1 Å². The molecule has 1 aliphatic rings. The second-order valence-electron chi connectivity index (χ2n) is 3.86. The maximum Gasteiger partial charge on any atom is 0.323 e. The highest BCUT2D eigenvalue weighted by atomic mass is 16.4. The van der Waals surface area contributed by atoms with Crippen LogP contribution in [0.25, 0.3) is 0 Å². The van der Waals surface area contributed by atoms with Crippen LogP contribution in [0.5, 0.6) is 0 Å². The zero-order chi connectivity index (χ0) is 10.8. The molecule has 1 aliphatic carbocycles. The molecule has 5 nitrogen and oxygen atoms in total. The third-order valence-corrected chi connectivity index (χ3v) is 2.79. The maximum absolute atomic E-state index is 11.1. The van der Waals surface area contributed by atoms with Crippen LogP contribution in [-0.2, 0) is 9.59 Å². The molecule has 0 heterocycles. The molecule has 14 heavy (non-hydrogen) atoms. The fourth-order valence-electron chi connectivity index (χ4n) is 1.88. The molecule has 0 aromatic carbocycles. The van der Waals surface area contributed by atoms with E-state index in [1.165, 1.54) is 0 Å². The Hall–Kier alpha value is -1.10. The first-order valence-corrected chi connectivity index (χ1v) is 4.78. The van der Waals surface area contributed by atoms with Crippen molar-refractivity contribution in [2.24, 2.45) is 5.73 Å². The molecule has 1 unspecified atom stereocenters. The minimum atomic E-state index is -0.936. The topological polar surface area (TPSA) is 92.4 Å². The molecule has 80 valence electrons. The minimum Gasteiger partial charge on any atom is -0.480 e. The van der Waals surface area contributed by atoms with Crippen molar-refractivity contribution < 1.29 is 14.7 Å². The van der Waals surface area contributed by atoms with Crippen LogP contribution in [-0.4, -0.2) is 28.6 Å². The summed E-state index contributed by atoms with van der Waals surface area (Å²) >= 11 is 0. The highest BCUT2D eigenvalue weighted by Crippen LogP contribution is 2.30. The van der Waals surface area contributed by atoms with Crippen molar-refractivity contribution in [3.63, 3.8) is 0 Å². The Balaban J connectivity index is 2.70. The zero-order valence-corrected chi connectivity index (χ0v) is 8.25. The molecule has 1 amide bonds. The second-order valence-corrected chi connectivity index (χ2v) is 3.86. The van der Waals surface area contributed by atoms with Crippen LogP contribution in [0.3, 0.4) is 0 Å². The van der Waals surface area contributed by atoms with Crippen LogP contribution in [0.4, 0.5) is 0 Å². The molecular formula is C9H16N2O3. The van der Waals surface area contributed by atoms with Gasteiger partial charge in [-0.1, -0.05) is 12.8 Å². The van der Waals surface area contributed by atoms with E-state index in [0.29, 0.717) is 12.8 Å². The molecule has 0 saturated heterocycles. The molecule has 0 radical (unpaired) electrons. The van der Waals surface area contributed by atoms with Gasteiger partial charge in [0, 0.05) is 0 Å². The van der Waals surface area contributed by atoms with E-state index in [9.17, 15) is 9.59 Å². The summed E-state index contributed by atoms with van der Waals surface area (Å²) in [4.78, 5) is 21.9. The van der Waals surface area contributed by atoms with Crippen molar-refractivity contribution in [3.8, 4) is 0 Å². The number of carboxylic acid groups (broad SMARTS) is 1. The molecule has 5 heteroatoms. The van der Waals surface area contributed by atoms with Gasteiger partial charge in [-0.2, -0.15) is 0 Å². The van der Waals surface area contributed by atoms with Crippen molar-refractivity contribution in [3.05, 3.63) is 0 Å². The quantitative estimate of drug-likeness (QED) is 0.588. The largest absolute Gasteiger partial charge is 0.480 e. The number of carbonyl (C=O) groups is 2. The molecule has 1 saturated carbocycles. The normalized spacial score (nSPS) is 21.8. The Morgan fingerprint density at radius 1 is 1.43 bits per heavy atom. The van der Waals surface area contributed by atoms with Crippen molar-refractivity contribution in [1.82, 2.24) is 5.32 Å². The van der Waals surface area contributed by atoms with Gasteiger partial charge in [-0.25, -0.2) is 0 Å². The SMILES string of the molecule is CC(NC1(C(=O)O)CCCC1)C(N)=O. The third kappa shape index (κ3) is 2.04. The summed E-state index contributed by atoms with van der Waals surface area (Å²) in [6, 6.07) is -0.593. The van der Waals surface area contributed by atoms with Crippen LogP contribution in [0.15, 0.2) is 0 Å². The lowest BCUT2D eigenvalue weighted by Gasteiger charge is -2.28. The average molecular weight is 200 g/mol. The Bertz CT molecular complexity index is 246. The monoisotopic (exact) mass is 200 g/mol. The lowest BCUT2D eigenvalue weighted by Crippen LogP contribution is -2.56. The van der Waals surface area contributed by atoms with Crippen LogP contribution in [0.1, 0.15) is 32.6 Å². The van der Waals surface area contributed by atoms with E-state index < -0.39 is 23.5 Å². The fourth-order valence-corrected chi connectivity index (χ4v) is 1.88. The average Bonchev–Trinajstić information content (AvgIpc) is 2.53. The van der Waals surface area contributed by atoms with Crippen molar-refractivity contribution in [2.45, 2.75) is 44.2 Å². The standard InChI is InChI=1S/C9H16N2O3/c1-6(7(10)12)11-9(8(13)14)4-2-3-5-9/h6,11H,2-5H2,1H3,(H2,10,12)(H,13,14). The Morgan fingerprint density at radius 3 is 2.29 bits per heavy atom. The van der Waals surface area contributed by atoms with Crippen LogP contribution >= 0.6 is 0 Å². The first-order chi connectivity index (χ1) is 6.48. The van der Waals surface area contributed by atoms with Crippen molar-refractivity contribution in [2.75, 3.05) is 0 Å². The molecular weight excluding hydrogens is 184 g/mol. The van der Waals surface area contributed by atoms with Gasteiger partial charge in [0.25, 0.3) is 0 Å².